The molecule has 0 aliphatic rings. The van der Waals surface area contributed by atoms with E-state index >= 15 is 0 Å². The Bertz CT molecular complexity index is 1280. The molecule has 1 amide bonds. The summed E-state index contributed by atoms with van der Waals surface area (Å²) in [4.78, 5) is 17.1. The van der Waals surface area contributed by atoms with Crippen LogP contribution in [0.25, 0.3) is 22.4 Å². The normalized spacial score (nSPS) is 11.3. The molecule has 4 aromatic rings. The molecule has 2 heterocycles. The predicted octanol–water partition coefficient (Wildman–Crippen LogP) is 5.46. The summed E-state index contributed by atoms with van der Waals surface area (Å²) in [6.45, 7) is 1.89. The molecular weight excluding hydrogens is 423 g/mol. The molecule has 30 heavy (non-hydrogen) atoms. The zero-order valence-corrected chi connectivity index (χ0v) is 17.3. The molecule has 8 heteroatoms. The van der Waals surface area contributed by atoms with Crippen molar-refractivity contribution < 1.29 is 9.21 Å². The molecule has 0 saturated carbocycles. The van der Waals surface area contributed by atoms with Crippen LogP contribution in [0.2, 0.25) is 10.0 Å². The Balaban J connectivity index is 1.62. The molecule has 4 rings (SSSR count). The van der Waals surface area contributed by atoms with Crippen molar-refractivity contribution in [2.24, 2.45) is 5.10 Å². The Morgan fingerprint density at radius 3 is 2.67 bits per heavy atom. The third kappa shape index (κ3) is 3.87. The summed E-state index contributed by atoms with van der Waals surface area (Å²) in [5.41, 5.74) is 12.2. The molecule has 0 fully saturated rings. The van der Waals surface area contributed by atoms with E-state index in [-0.39, 0.29) is 11.4 Å². The highest BCUT2D eigenvalue weighted by Gasteiger charge is 2.21. The van der Waals surface area contributed by atoms with Gasteiger partial charge in [-0.1, -0.05) is 59.6 Å². The zero-order valence-electron chi connectivity index (χ0n) is 15.8. The molecule has 2 aromatic carbocycles. The Labute approximate surface area is 182 Å². The second-order valence-corrected chi connectivity index (χ2v) is 7.42. The largest absolute Gasteiger partial charge is 0.430 e. The maximum atomic E-state index is 12.6. The number of carbonyl (C=O) groups is 1. The van der Waals surface area contributed by atoms with Gasteiger partial charge in [-0.15, -0.1) is 0 Å². The highest BCUT2D eigenvalue weighted by atomic mass is 35.5. The first-order chi connectivity index (χ1) is 14.4. The van der Waals surface area contributed by atoms with Gasteiger partial charge in [0.1, 0.15) is 0 Å². The second kappa shape index (κ2) is 8.18. The van der Waals surface area contributed by atoms with E-state index < -0.39 is 5.91 Å². The van der Waals surface area contributed by atoms with E-state index in [1.54, 1.807) is 18.2 Å². The molecule has 0 bridgehead atoms. The van der Waals surface area contributed by atoms with Crippen molar-refractivity contribution in [2.75, 3.05) is 5.73 Å². The fourth-order valence-electron chi connectivity index (χ4n) is 3.05. The number of benzene rings is 2. The Morgan fingerprint density at radius 2 is 1.93 bits per heavy atom. The number of hydrazone groups is 1. The first-order valence-electron chi connectivity index (χ1n) is 8.97. The summed E-state index contributed by atoms with van der Waals surface area (Å²) in [7, 11) is 0. The smallest absolute Gasteiger partial charge is 0.309 e. The van der Waals surface area contributed by atoms with Crippen molar-refractivity contribution in [2.45, 2.75) is 6.92 Å². The van der Waals surface area contributed by atoms with Crippen LogP contribution < -0.4 is 11.2 Å². The van der Waals surface area contributed by atoms with Crippen LogP contribution in [0.15, 0.2) is 64.1 Å². The number of nitrogens with two attached hydrogens (primary N) is 1. The molecule has 0 spiro atoms. The van der Waals surface area contributed by atoms with Crippen LogP contribution in [-0.4, -0.2) is 17.1 Å². The number of halogens is 2. The lowest BCUT2D eigenvalue weighted by Gasteiger charge is -2.03. The van der Waals surface area contributed by atoms with Crippen molar-refractivity contribution in [1.82, 2.24) is 10.4 Å². The predicted molar refractivity (Wildman–Crippen MR) is 120 cm³/mol. The van der Waals surface area contributed by atoms with Gasteiger partial charge in [-0.25, -0.2) is 10.4 Å². The van der Waals surface area contributed by atoms with Gasteiger partial charge in [-0.05, 0) is 30.7 Å². The maximum Gasteiger partial charge on any atom is 0.309 e. The minimum Gasteiger partial charge on any atom is -0.430 e. The van der Waals surface area contributed by atoms with Crippen molar-refractivity contribution in [3.05, 3.63) is 81.5 Å². The summed E-state index contributed by atoms with van der Waals surface area (Å²) >= 11 is 12.0. The van der Waals surface area contributed by atoms with Gasteiger partial charge in [0.2, 0.25) is 11.5 Å². The van der Waals surface area contributed by atoms with Crippen LogP contribution >= 0.6 is 23.2 Å². The molecule has 0 unspecified atom stereocenters. The van der Waals surface area contributed by atoms with E-state index in [4.69, 9.17) is 33.4 Å². The number of nitrogens with one attached hydrogen (secondary N) is 1. The summed E-state index contributed by atoms with van der Waals surface area (Å²) in [6.07, 6.45) is 1.41. The summed E-state index contributed by atoms with van der Waals surface area (Å²) in [5, 5.41) is 5.44. The highest BCUT2D eigenvalue weighted by molar-refractivity contribution is 6.36. The standard InChI is InChI=1S/C22H16Cl2N4O2/c1-12-9-17(13-5-3-2-4-6-13)27-22-18(12)19(25)20(30-22)21(29)28-26-11-14-7-8-15(23)10-16(14)24/h2-11H,25H2,1H3,(H,28,29). The van der Waals surface area contributed by atoms with Crippen molar-refractivity contribution >= 4 is 52.1 Å². The number of anilines is 1. The van der Waals surface area contributed by atoms with Crippen LogP contribution in [-0.2, 0) is 0 Å². The molecular formula is C22H16Cl2N4O2. The Hall–Kier alpha value is -3.35. The van der Waals surface area contributed by atoms with E-state index in [9.17, 15) is 4.79 Å². The minimum atomic E-state index is -0.590. The molecule has 2 aromatic heterocycles. The van der Waals surface area contributed by atoms with Gasteiger partial charge in [0.25, 0.3) is 0 Å². The van der Waals surface area contributed by atoms with Gasteiger partial charge in [0.15, 0.2) is 0 Å². The molecule has 0 radical (unpaired) electrons. The lowest BCUT2D eigenvalue weighted by molar-refractivity contribution is 0.0930. The number of pyridine rings is 1. The fourth-order valence-corrected chi connectivity index (χ4v) is 3.51. The number of fused-ring (bicyclic) bond motifs is 1. The van der Waals surface area contributed by atoms with Crippen LogP contribution in [0, 0.1) is 6.92 Å². The number of rotatable bonds is 4. The molecule has 0 saturated heterocycles. The van der Waals surface area contributed by atoms with Gasteiger partial charge < -0.3 is 10.2 Å². The van der Waals surface area contributed by atoms with Crippen molar-refractivity contribution in [3.63, 3.8) is 0 Å². The number of nitrogens with zero attached hydrogens (tertiary/aromatic N) is 2. The minimum absolute atomic E-state index is 0.0508. The van der Waals surface area contributed by atoms with Crippen LogP contribution in [0.3, 0.4) is 0 Å². The van der Waals surface area contributed by atoms with Gasteiger partial charge in [0, 0.05) is 16.1 Å². The number of hydrogen-bond acceptors (Lipinski definition) is 5. The monoisotopic (exact) mass is 438 g/mol. The lowest BCUT2D eigenvalue weighted by atomic mass is 10.1. The Morgan fingerprint density at radius 1 is 1.17 bits per heavy atom. The van der Waals surface area contributed by atoms with E-state index in [1.165, 1.54) is 6.21 Å². The fraction of sp³-hybridized carbons (Fsp3) is 0.0455. The number of nitrogen functional groups attached to an aromatic ring is 1. The lowest BCUT2D eigenvalue weighted by Crippen LogP contribution is -2.18. The first kappa shape index (κ1) is 19.9. The van der Waals surface area contributed by atoms with Crippen LogP contribution in [0.1, 0.15) is 21.7 Å². The van der Waals surface area contributed by atoms with E-state index in [0.29, 0.717) is 26.7 Å². The van der Waals surface area contributed by atoms with E-state index in [0.717, 1.165) is 16.8 Å². The summed E-state index contributed by atoms with van der Waals surface area (Å²) in [6, 6.07) is 16.5. The van der Waals surface area contributed by atoms with Crippen molar-refractivity contribution in [1.29, 1.82) is 0 Å². The van der Waals surface area contributed by atoms with Gasteiger partial charge in [0.05, 0.1) is 28.0 Å². The van der Waals surface area contributed by atoms with Crippen molar-refractivity contribution in [3.8, 4) is 11.3 Å². The van der Waals surface area contributed by atoms with E-state index in [1.807, 2.05) is 43.3 Å². The third-order valence-corrected chi connectivity index (χ3v) is 5.07. The van der Waals surface area contributed by atoms with Crippen LogP contribution in [0.4, 0.5) is 5.69 Å². The number of aryl methyl sites for hydroxylation is 1. The van der Waals surface area contributed by atoms with Crippen LogP contribution in [0.5, 0.6) is 0 Å². The maximum absolute atomic E-state index is 12.6. The first-order valence-corrected chi connectivity index (χ1v) is 9.73. The number of furan rings is 1. The number of amides is 1. The number of carbonyl (C=O) groups excluding carboxylic acids is 1. The molecule has 3 N–H and O–H groups in total. The average molecular weight is 439 g/mol. The number of hydrogen-bond donors (Lipinski definition) is 2. The second-order valence-electron chi connectivity index (χ2n) is 6.58. The zero-order chi connectivity index (χ0) is 21.3. The molecule has 6 nitrogen and oxygen atoms in total. The summed E-state index contributed by atoms with van der Waals surface area (Å²) in [5.74, 6) is -0.641. The third-order valence-electron chi connectivity index (χ3n) is 4.50. The average Bonchev–Trinajstić information content (AvgIpc) is 3.07. The molecule has 0 aliphatic heterocycles. The van der Waals surface area contributed by atoms with Gasteiger partial charge in [-0.3, -0.25) is 4.79 Å². The summed E-state index contributed by atoms with van der Waals surface area (Å²) < 4.78 is 5.68. The molecule has 0 aliphatic carbocycles. The quantitative estimate of drug-likeness (QED) is 0.326. The molecule has 150 valence electrons. The topological polar surface area (TPSA) is 93.5 Å². The van der Waals surface area contributed by atoms with Gasteiger partial charge in [-0.2, -0.15) is 5.10 Å². The SMILES string of the molecule is Cc1cc(-c2ccccc2)nc2oc(C(=O)NN=Cc3ccc(Cl)cc3Cl)c(N)c12. The number of aromatic nitrogens is 1. The Kier molecular flexibility index (Phi) is 5.44. The molecule has 0 atom stereocenters. The van der Waals surface area contributed by atoms with Gasteiger partial charge >= 0.3 is 5.91 Å². The highest BCUT2D eigenvalue weighted by Crippen LogP contribution is 2.32. The van der Waals surface area contributed by atoms with E-state index in [2.05, 4.69) is 15.5 Å².